The minimum Gasteiger partial charge on any atom is -0.462 e. The van der Waals surface area contributed by atoms with Crippen molar-refractivity contribution in [1.29, 1.82) is 0 Å². The van der Waals surface area contributed by atoms with Crippen molar-refractivity contribution in [3.63, 3.8) is 0 Å². The van der Waals surface area contributed by atoms with Crippen LogP contribution in [0.15, 0.2) is 12.7 Å². The molecule has 4 heteroatoms. The molecule has 2 unspecified atom stereocenters. The van der Waals surface area contributed by atoms with Crippen LogP contribution in [0.2, 0.25) is 0 Å². The first-order valence-corrected chi connectivity index (χ1v) is 10.1. The quantitative estimate of drug-likeness (QED) is 0.601. The molecule has 2 aliphatic carbocycles. The summed E-state index contributed by atoms with van der Waals surface area (Å²) in [6.45, 7) is 14.4. The zero-order chi connectivity index (χ0) is 19.4. The normalized spacial score (nSPS) is 51.1. The molecule has 3 aliphatic rings. The van der Waals surface area contributed by atoms with E-state index in [0.717, 1.165) is 32.1 Å². The minimum atomic E-state index is -0.347. The van der Waals surface area contributed by atoms with E-state index in [-0.39, 0.29) is 46.6 Å². The van der Waals surface area contributed by atoms with Crippen LogP contribution in [0.25, 0.3) is 0 Å². The summed E-state index contributed by atoms with van der Waals surface area (Å²) in [6, 6.07) is 0. The van der Waals surface area contributed by atoms with E-state index in [2.05, 4.69) is 34.3 Å². The third kappa shape index (κ3) is 2.93. The fraction of sp³-hybridized carbons (Fsp3) is 0.864. The fourth-order valence-electron chi connectivity index (χ4n) is 7.01. The molecule has 26 heavy (non-hydrogen) atoms. The molecule has 1 heterocycles. The van der Waals surface area contributed by atoms with E-state index in [1.807, 2.05) is 6.08 Å². The topological polar surface area (TPSA) is 55.8 Å². The molecule has 1 N–H and O–H groups in total. The lowest BCUT2D eigenvalue weighted by atomic mass is 9.43. The minimum absolute atomic E-state index is 0.00858. The molecule has 0 aromatic heterocycles. The number of carbonyl (C=O) groups excluding carboxylic acids is 1. The summed E-state index contributed by atoms with van der Waals surface area (Å²) in [5.41, 5.74) is -0.899. The number of carbonyl (C=O) groups is 1. The first-order valence-electron chi connectivity index (χ1n) is 10.1. The molecule has 0 radical (unpaired) electrons. The zero-order valence-electron chi connectivity index (χ0n) is 17.1. The van der Waals surface area contributed by atoms with Crippen molar-refractivity contribution in [2.75, 3.05) is 6.61 Å². The molecule has 7 atom stereocenters. The third-order valence-electron chi connectivity index (χ3n) is 7.94. The SMILES string of the molecule is C=C[C@]1(C)CCC2[C@]3(C)CCCC(C)(CO)[C@@H]3[C@H](OC(C)=O)C[C@]2(C)O1. The van der Waals surface area contributed by atoms with E-state index in [1.54, 1.807) is 0 Å². The lowest BCUT2D eigenvalue weighted by Gasteiger charge is -2.66. The Morgan fingerprint density at radius 2 is 1.96 bits per heavy atom. The largest absolute Gasteiger partial charge is 0.462 e. The van der Waals surface area contributed by atoms with Gasteiger partial charge in [0.1, 0.15) is 6.10 Å². The van der Waals surface area contributed by atoms with Gasteiger partial charge in [-0.25, -0.2) is 0 Å². The van der Waals surface area contributed by atoms with Crippen LogP contribution in [0.4, 0.5) is 0 Å². The van der Waals surface area contributed by atoms with E-state index in [0.29, 0.717) is 12.3 Å². The Morgan fingerprint density at radius 3 is 2.54 bits per heavy atom. The van der Waals surface area contributed by atoms with Gasteiger partial charge >= 0.3 is 5.97 Å². The number of rotatable bonds is 3. The first-order chi connectivity index (χ1) is 12.0. The predicted molar refractivity (Wildman–Crippen MR) is 102 cm³/mol. The van der Waals surface area contributed by atoms with Crippen LogP contribution in [0.5, 0.6) is 0 Å². The van der Waals surface area contributed by atoms with Crippen LogP contribution in [0.1, 0.15) is 73.1 Å². The summed E-state index contributed by atoms with van der Waals surface area (Å²) in [5.74, 6) is 0.311. The van der Waals surface area contributed by atoms with Gasteiger partial charge in [0.25, 0.3) is 0 Å². The molecule has 1 aliphatic heterocycles. The van der Waals surface area contributed by atoms with Gasteiger partial charge in [0.15, 0.2) is 0 Å². The van der Waals surface area contributed by atoms with Gasteiger partial charge in [-0.3, -0.25) is 4.79 Å². The Labute approximate surface area is 158 Å². The number of hydrogen-bond donors (Lipinski definition) is 1. The second-order valence-corrected chi connectivity index (χ2v) is 10.0. The van der Waals surface area contributed by atoms with Crippen LogP contribution in [0.3, 0.4) is 0 Å². The molecule has 0 bridgehead atoms. The number of fused-ring (bicyclic) bond motifs is 3. The smallest absolute Gasteiger partial charge is 0.302 e. The molecule has 0 amide bonds. The van der Waals surface area contributed by atoms with Gasteiger partial charge in [-0.1, -0.05) is 26.3 Å². The summed E-state index contributed by atoms with van der Waals surface area (Å²) in [6.07, 6.45) is 7.62. The van der Waals surface area contributed by atoms with Crippen LogP contribution in [-0.2, 0) is 14.3 Å². The number of aliphatic hydroxyl groups is 1. The highest BCUT2D eigenvalue weighted by Gasteiger charge is 2.66. The van der Waals surface area contributed by atoms with Gasteiger partial charge < -0.3 is 14.6 Å². The molecular formula is C22H36O4. The molecule has 0 spiro atoms. The molecule has 1 saturated heterocycles. The van der Waals surface area contributed by atoms with Gasteiger partial charge in [-0.05, 0) is 56.3 Å². The highest BCUT2D eigenvalue weighted by atomic mass is 16.6. The summed E-state index contributed by atoms with van der Waals surface area (Å²) in [5, 5.41) is 10.3. The Morgan fingerprint density at radius 1 is 1.27 bits per heavy atom. The molecule has 3 rings (SSSR count). The average Bonchev–Trinajstić information content (AvgIpc) is 2.52. The first kappa shape index (κ1) is 19.9. The van der Waals surface area contributed by atoms with Crippen molar-refractivity contribution in [2.45, 2.75) is 90.4 Å². The van der Waals surface area contributed by atoms with Crippen LogP contribution in [-0.4, -0.2) is 35.0 Å². The number of hydrogen-bond acceptors (Lipinski definition) is 4. The molecule has 2 saturated carbocycles. The summed E-state index contributed by atoms with van der Waals surface area (Å²) >= 11 is 0. The Bertz CT molecular complexity index is 589. The molecule has 0 aromatic rings. The van der Waals surface area contributed by atoms with Gasteiger partial charge in [0, 0.05) is 25.9 Å². The second kappa shape index (κ2) is 6.34. The van der Waals surface area contributed by atoms with Crippen molar-refractivity contribution in [3.05, 3.63) is 12.7 Å². The second-order valence-electron chi connectivity index (χ2n) is 10.0. The van der Waals surface area contributed by atoms with E-state index in [4.69, 9.17) is 9.47 Å². The Kier molecular flexibility index (Phi) is 4.85. The standard InChI is InChI=1S/C22H36O4/c1-7-20(4)12-9-17-21(5)11-8-10-19(3,14-23)18(21)16(25-15(2)24)13-22(17,6)26-20/h7,16-18,23H,1,8-14H2,2-6H3/t16-,17?,18+,19?,20-,21+,22+/m1/s1. The molecule has 4 nitrogen and oxygen atoms in total. The van der Waals surface area contributed by atoms with Gasteiger partial charge in [-0.15, -0.1) is 6.58 Å². The van der Waals surface area contributed by atoms with Crippen molar-refractivity contribution in [1.82, 2.24) is 0 Å². The Hall–Kier alpha value is -0.870. The van der Waals surface area contributed by atoms with Crippen molar-refractivity contribution in [3.8, 4) is 0 Å². The number of aliphatic hydroxyl groups excluding tert-OH is 1. The van der Waals surface area contributed by atoms with Gasteiger partial charge in [0.2, 0.25) is 0 Å². The lowest BCUT2D eigenvalue weighted by molar-refractivity contribution is -0.283. The van der Waals surface area contributed by atoms with E-state index >= 15 is 0 Å². The van der Waals surface area contributed by atoms with Gasteiger partial charge in [0.05, 0.1) is 11.2 Å². The highest BCUT2D eigenvalue weighted by molar-refractivity contribution is 5.66. The predicted octanol–water partition coefficient (Wildman–Crippen LogP) is 4.26. The molecular weight excluding hydrogens is 328 g/mol. The van der Waals surface area contributed by atoms with Crippen molar-refractivity contribution in [2.24, 2.45) is 22.7 Å². The Balaban J connectivity index is 2.06. The number of esters is 1. The maximum absolute atomic E-state index is 11.9. The molecule has 148 valence electrons. The maximum Gasteiger partial charge on any atom is 0.302 e. The van der Waals surface area contributed by atoms with Crippen LogP contribution < -0.4 is 0 Å². The molecule has 3 fully saturated rings. The fourth-order valence-corrected chi connectivity index (χ4v) is 7.01. The highest BCUT2D eigenvalue weighted by Crippen LogP contribution is 2.66. The zero-order valence-corrected chi connectivity index (χ0v) is 17.1. The van der Waals surface area contributed by atoms with Gasteiger partial charge in [-0.2, -0.15) is 0 Å². The summed E-state index contributed by atoms with van der Waals surface area (Å²) in [7, 11) is 0. The number of ether oxygens (including phenoxy) is 2. The van der Waals surface area contributed by atoms with Crippen molar-refractivity contribution < 1.29 is 19.4 Å². The van der Waals surface area contributed by atoms with E-state index in [1.165, 1.54) is 6.92 Å². The van der Waals surface area contributed by atoms with E-state index < -0.39 is 0 Å². The summed E-state index contributed by atoms with van der Waals surface area (Å²) < 4.78 is 12.6. The summed E-state index contributed by atoms with van der Waals surface area (Å²) in [4.78, 5) is 11.9. The third-order valence-corrected chi connectivity index (χ3v) is 7.94. The average molecular weight is 365 g/mol. The van der Waals surface area contributed by atoms with E-state index in [9.17, 15) is 9.90 Å². The monoisotopic (exact) mass is 364 g/mol. The lowest BCUT2D eigenvalue weighted by Crippen LogP contribution is -2.67. The maximum atomic E-state index is 11.9. The van der Waals surface area contributed by atoms with Crippen molar-refractivity contribution >= 4 is 5.97 Å². The van der Waals surface area contributed by atoms with Crippen LogP contribution >= 0.6 is 0 Å². The van der Waals surface area contributed by atoms with Crippen LogP contribution in [0, 0.1) is 22.7 Å². The molecule has 0 aromatic carbocycles.